The summed E-state index contributed by atoms with van der Waals surface area (Å²) in [5, 5.41) is 11.8. The number of nitro benzene ring substituents is 1. The molecule has 0 aliphatic carbocycles. The molecule has 6 heteroatoms. The van der Waals surface area contributed by atoms with E-state index in [1.54, 1.807) is 19.1 Å². The maximum Gasteiger partial charge on any atom is 0.284 e. The van der Waals surface area contributed by atoms with E-state index in [9.17, 15) is 14.9 Å². The van der Waals surface area contributed by atoms with Crippen LogP contribution in [-0.4, -0.2) is 4.92 Å². The molecule has 0 aliphatic rings. The molecule has 0 N–H and O–H groups in total. The Morgan fingerprint density at radius 3 is 2.70 bits per heavy atom. The molecule has 0 saturated carbocycles. The van der Waals surface area contributed by atoms with Gasteiger partial charge in [-0.05, 0) is 30.7 Å². The summed E-state index contributed by atoms with van der Waals surface area (Å²) in [5.41, 5.74) is 0.520. The van der Waals surface area contributed by atoms with Gasteiger partial charge in [-0.15, -0.1) is 0 Å². The van der Waals surface area contributed by atoms with Crippen molar-refractivity contribution in [3.63, 3.8) is 0 Å². The largest absolute Gasteiger partial charge is 0.455 e. The van der Waals surface area contributed by atoms with Gasteiger partial charge in [-0.3, -0.25) is 14.9 Å². The van der Waals surface area contributed by atoms with Crippen molar-refractivity contribution in [1.82, 2.24) is 0 Å². The molecule has 0 fully saturated rings. The molecular formula is C14H8ClNO4. The summed E-state index contributed by atoms with van der Waals surface area (Å²) >= 11 is 5.87. The molecule has 0 bridgehead atoms. The summed E-state index contributed by atoms with van der Waals surface area (Å²) in [6, 6.07) is 7.45. The van der Waals surface area contributed by atoms with E-state index >= 15 is 0 Å². The van der Waals surface area contributed by atoms with Gasteiger partial charge >= 0.3 is 0 Å². The Bertz CT molecular complexity index is 930. The molecule has 0 saturated heterocycles. The highest BCUT2D eigenvalue weighted by Crippen LogP contribution is 2.29. The monoisotopic (exact) mass is 289 g/mol. The highest BCUT2D eigenvalue weighted by molar-refractivity contribution is 6.31. The molecule has 2 aromatic carbocycles. The number of hydrogen-bond donors (Lipinski definition) is 0. The van der Waals surface area contributed by atoms with Gasteiger partial charge in [0.2, 0.25) is 5.43 Å². The SMILES string of the molecule is Cc1ccc([N+](=O)[O-])c2c(=O)c3ccc(Cl)cc3oc12. The van der Waals surface area contributed by atoms with Crippen LogP contribution < -0.4 is 5.43 Å². The third-order valence-corrected chi connectivity index (χ3v) is 3.39. The molecular weight excluding hydrogens is 282 g/mol. The van der Waals surface area contributed by atoms with E-state index in [1.807, 2.05) is 0 Å². The smallest absolute Gasteiger partial charge is 0.284 e. The number of benzene rings is 2. The van der Waals surface area contributed by atoms with Gasteiger partial charge in [0.05, 0.1) is 10.3 Å². The molecule has 1 heterocycles. The Kier molecular flexibility index (Phi) is 2.72. The van der Waals surface area contributed by atoms with Crippen molar-refractivity contribution in [2.45, 2.75) is 6.92 Å². The molecule has 0 aliphatic heterocycles. The molecule has 0 amide bonds. The highest BCUT2D eigenvalue weighted by Gasteiger charge is 2.20. The van der Waals surface area contributed by atoms with E-state index in [4.69, 9.17) is 16.0 Å². The molecule has 20 heavy (non-hydrogen) atoms. The zero-order chi connectivity index (χ0) is 14.4. The van der Waals surface area contributed by atoms with Crippen LogP contribution in [0.4, 0.5) is 5.69 Å². The third-order valence-electron chi connectivity index (χ3n) is 3.16. The number of non-ortho nitro benzene ring substituents is 1. The summed E-state index contributed by atoms with van der Waals surface area (Å²) in [6.07, 6.45) is 0. The fraction of sp³-hybridized carbons (Fsp3) is 0.0714. The number of nitro groups is 1. The van der Waals surface area contributed by atoms with E-state index in [0.717, 1.165) is 0 Å². The number of hydrogen-bond acceptors (Lipinski definition) is 4. The van der Waals surface area contributed by atoms with Crippen LogP contribution in [-0.2, 0) is 0 Å². The fourth-order valence-corrected chi connectivity index (χ4v) is 2.35. The first kappa shape index (κ1) is 12.6. The van der Waals surface area contributed by atoms with Crippen LogP contribution in [0.1, 0.15) is 5.56 Å². The minimum absolute atomic E-state index is 0.00942. The predicted octanol–water partition coefficient (Wildman–Crippen LogP) is 3.82. The average molecular weight is 290 g/mol. The molecule has 0 spiro atoms. The number of rotatable bonds is 1. The number of nitrogens with zero attached hydrogens (tertiary/aromatic N) is 1. The fourth-order valence-electron chi connectivity index (χ4n) is 2.19. The second-order valence-electron chi connectivity index (χ2n) is 4.43. The Balaban J connectivity index is 2.62. The van der Waals surface area contributed by atoms with Gasteiger partial charge in [0.1, 0.15) is 16.6 Å². The van der Waals surface area contributed by atoms with Gasteiger partial charge in [0, 0.05) is 17.2 Å². The van der Waals surface area contributed by atoms with Crippen LogP contribution >= 0.6 is 11.6 Å². The van der Waals surface area contributed by atoms with Crippen molar-refractivity contribution in [1.29, 1.82) is 0 Å². The quantitative estimate of drug-likeness (QED) is 0.388. The molecule has 0 radical (unpaired) electrons. The normalized spacial score (nSPS) is 11.1. The average Bonchev–Trinajstić information content (AvgIpc) is 2.39. The lowest BCUT2D eigenvalue weighted by molar-refractivity contribution is -0.383. The maximum absolute atomic E-state index is 12.5. The van der Waals surface area contributed by atoms with Crippen molar-refractivity contribution >= 4 is 39.2 Å². The summed E-state index contributed by atoms with van der Waals surface area (Å²) in [7, 11) is 0. The zero-order valence-electron chi connectivity index (χ0n) is 10.3. The number of aryl methyl sites for hydroxylation is 1. The van der Waals surface area contributed by atoms with E-state index in [1.165, 1.54) is 18.2 Å². The second-order valence-corrected chi connectivity index (χ2v) is 4.87. The van der Waals surface area contributed by atoms with Gasteiger partial charge in [0.15, 0.2) is 0 Å². The topological polar surface area (TPSA) is 73.3 Å². The lowest BCUT2D eigenvalue weighted by atomic mass is 10.1. The van der Waals surface area contributed by atoms with E-state index in [0.29, 0.717) is 16.2 Å². The number of halogens is 1. The molecule has 3 rings (SSSR count). The van der Waals surface area contributed by atoms with Crippen molar-refractivity contribution in [2.24, 2.45) is 0 Å². The Hall–Kier alpha value is -2.40. The van der Waals surface area contributed by atoms with E-state index in [2.05, 4.69) is 0 Å². The first-order chi connectivity index (χ1) is 9.49. The Morgan fingerprint density at radius 2 is 2.00 bits per heavy atom. The third kappa shape index (κ3) is 1.75. The van der Waals surface area contributed by atoms with Crippen molar-refractivity contribution in [2.75, 3.05) is 0 Å². The van der Waals surface area contributed by atoms with Crippen molar-refractivity contribution < 1.29 is 9.34 Å². The lowest BCUT2D eigenvalue weighted by Crippen LogP contribution is -2.06. The van der Waals surface area contributed by atoms with Gasteiger partial charge < -0.3 is 4.42 Å². The minimum Gasteiger partial charge on any atom is -0.455 e. The van der Waals surface area contributed by atoms with Crippen LogP contribution in [0, 0.1) is 17.0 Å². The Labute approximate surface area is 117 Å². The molecule has 1 aromatic heterocycles. The van der Waals surface area contributed by atoms with Gasteiger partial charge in [-0.1, -0.05) is 11.6 Å². The van der Waals surface area contributed by atoms with Gasteiger partial charge in [-0.25, -0.2) is 0 Å². The summed E-state index contributed by atoms with van der Waals surface area (Å²) in [4.78, 5) is 23.0. The van der Waals surface area contributed by atoms with Crippen LogP contribution in [0.25, 0.3) is 21.9 Å². The van der Waals surface area contributed by atoms with Crippen LogP contribution in [0.5, 0.6) is 0 Å². The summed E-state index contributed by atoms with van der Waals surface area (Å²) in [5.74, 6) is 0. The van der Waals surface area contributed by atoms with Crippen LogP contribution in [0.2, 0.25) is 5.02 Å². The minimum atomic E-state index is -0.583. The van der Waals surface area contributed by atoms with E-state index < -0.39 is 10.4 Å². The standard InChI is InChI=1S/C14H8ClNO4/c1-7-2-5-10(16(18)19)12-13(17)9-4-3-8(15)6-11(9)20-14(7)12/h2-6H,1H3. The highest BCUT2D eigenvalue weighted by atomic mass is 35.5. The first-order valence-electron chi connectivity index (χ1n) is 5.79. The first-order valence-corrected chi connectivity index (χ1v) is 6.17. The zero-order valence-corrected chi connectivity index (χ0v) is 11.1. The molecule has 0 unspecified atom stereocenters. The van der Waals surface area contributed by atoms with Crippen molar-refractivity contribution in [3.05, 3.63) is 61.3 Å². The van der Waals surface area contributed by atoms with Gasteiger partial charge in [0.25, 0.3) is 5.69 Å². The lowest BCUT2D eigenvalue weighted by Gasteiger charge is -2.04. The molecule has 100 valence electrons. The van der Waals surface area contributed by atoms with Gasteiger partial charge in [-0.2, -0.15) is 0 Å². The maximum atomic E-state index is 12.5. The van der Waals surface area contributed by atoms with E-state index in [-0.39, 0.29) is 22.0 Å². The molecule has 5 nitrogen and oxygen atoms in total. The van der Waals surface area contributed by atoms with Crippen LogP contribution in [0.15, 0.2) is 39.5 Å². The predicted molar refractivity (Wildman–Crippen MR) is 76.4 cm³/mol. The van der Waals surface area contributed by atoms with Crippen molar-refractivity contribution in [3.8, 4) is 0 Å². The second kappa shape index (κ2) is 4.31. The molecule has 0 atom stereocenters. The number of fused-ring (bicyclic) bond motifs is 2. The summed E-state index contributed by atoms with van der Waals surface area (Å²) < 4.78 is 5.64. The Morgan fingerprint density at radius 1 is 1.25 bits per heavy atom. The van der Waals surface area contributed by atoms with Crippen LogP contribution in [0.3, 0.4) is 0 Å². The summed E-state index contributed by atoms with van der Waals surface area (Å²) in [6.45, 7) is 1.73. The molecule has 3 aromatic rings.